The molecule has 108 valence electrons. The topological polar surface area (TPSA) is 40.5 Å². The van der Waals surface area contributed by atoms with Gasteiger partial charge in [-0.1, -0.05) is 18.2 Å². The van der Waals surface area contributed by atoms with E-state index < -0.39 is 17.6 Å². The number of carboxylic acids is 1. The smallest absolute Gasteiger partial charge is 0.328 e. The lowest BCUT2D eigenvalue weighted by Gasteiger charge is -2.21. The average Bonchev–Trinajstić information content (AvgIpc) is 2.45. The number of carboxylic acid groups (broad SMARTS) is 1. The molecule has 2 aromatic rings. The maximum absolute atomic E-state index is 14.1. The molecular weight excluding hydrogens is 276 g/mol. The third-order valence-corrected chi connectivity index (χ3v) is 2.94. The van der Waals surface area contributed by atoms with E-state index in [0.29, 0.717) is 5.69 Å². The maximum Gasteiger partial charge on any atom is 0.328 e. The van der Waals surface area contributed by atoms with Gasteiger partial charge in [-0.05, 0) is 35.9 Å². The van der Waals surface area contributed by atoms with E-state index in [4.69, 9.17) is 5.11 Å². The Morgan fingerprint density at radius 1 is 1.14 bits per heavy atom. The Balaban J connectivity index is 2.40. The molecule has 0 bridgehead atoms. The summed E-state index contributed by atoms with van der Waals surface area (Å²) in [5.41, 5.74) is 0.607. The Hall–Kier alpha value is -2.69. The first kappa shape index (κ1) is 14.7. The van der Waals surface area contributed by atoms with Gasteiger partial charge in [0.05, 0.1) is 0 Å². The van der Waals surface area contributed by atoms with Crippen molar-refractivity contribution < 1.29 is 18.7 Å². The zero-order valence-corrected chi connectivity index (χ0v) is 11.3. The number of anilines is 2. The van der Waals surface area contributed by atoms with Crippen molar-refractivity contribution in [1.82, 2.24) is 0 Å². The summed E-state index contributed by atoms with van der Waals surface area (Å²) in [6.07, 6.45) is 1.97. The summed E-state index contributed by atoms with van der Waals surface area (Å²) < 4.78 is 28.2. The molecular formula is C16H13F2NO2. The first-order valence-electron chi connectivity index (χ1n) is 6.18. The van der Waals surface area contributed by atoms with Crippen molar-refractivity contribution in [2.45, 2.75) is 0 Å². The van der Waals surface area contributed by atoms with Crippen LogP contribution in [0.5, 0.6) is 0 Å². The Kier molecular flexibility index (Phi) is 4.33. The molecule has 1 N–H and O–H groups in total. The molecule has 0 heterocycles. The van der Waals surface area contributed by atoms with Crippen LogP contribution in [0, 0.1) is 11.6 Å². The van der Waals surface area contributed by atoms with Gasteiger partial charge in [0.2, 0.25) is 0 Å². The van der Waals surface area contributed by atoms with Crippen LogP contribution in [0.3, 0.4) is 0 Å². The number of halogens is 2. The number of hydrogen-bond acceptors (Lipinski definition) is 2. The molecule has 2 aromatic carbocycles. The van der Waals surface area contributed by atoms with Gasteiger partial charge in [0, 0.05) is 18.8 Å². The first-order valence-corrected chi connectivity index (χ1v) is 6.18. The van der Waals surface area contributed by atoms with E-state index in [9.17, 15) is 13.6 Å². The lowest BCUT2D eigenvalue weighted by Crippen LogP contribution is -2.13. The first-order chi connectivity index (χ1) is 9.99. The predicted octanol–water partition coefficient (Wildman–Crippen LogP) is 3.83. The molecule has 0 unspecified atom stereocenters. The SMILES string of the molecule is CN(c1ccccc1)c1c(F)cc(C=CC(=O)O)cc1F. The molecule has 0 aromatic heterocycles. The molecule has 0 aliphatic rings. The zero-order chi connectivity index (χ0) is 15.4. The molecule has 0 atom stereocenters. The van der Waals surface area contributed by atoms with Crippen LogP contribution in [0.4, 0.5) is 20.2 Å². The van der Waals surface area contributed by atoms with E-state index >= 15 is 0 Å². The van der Waals surface area contributed by atoms with E-state index in [-0.39, 0.29) is 11.3 Å². The van der Waals surface area contributed by atoms with Crippen molar-refractivity contribution in [2.24, 2.45) is 0 Å². The van der Waals surface area contributed by atoms with Crippen LogP contribution in [0.25, 0.3) is 6.08 Å². The highest BCUT2D eigenvalue weighted by molar-refractivity contribution is 5.85. The molecule has 0 fully saturated rings. The fourth-order valence-electron chi connectivity index (χ4n) is 1.95. The quantitative estimate of drug-likeness (QED) is 0.870. The second-order valence-electron chi connectivity index (χ2n) is 4.40. The highest BCUT2D eigenvalue weighted by Gasteiger charge is 2.16. The lowest BCUT2D eigenvalue weighted by molar-refractivity contribution is -0.131. The minimum absolute atomic E-state index is 0.151. The van der Waals surface area contributed by atoms with Crippen molar-refractivity contribution in [2.75, 3.05) is 11.9 Å². The summed E-state index contributed by atoms with van der Waals surface area (Å²) in [5, 5.41) is 8.52. The molecule has 0 spiro atoms. The number of carbonyl (C=O) groups is 1. The van der Waals surface area contributed by atoms with E-state index in [2.05, 4.69) is 0 Å². The summed E-state index contributed by atoms with van der Waals surface area (Å²) in [7, 11) is 1.56. The van der Waals surface area contributed by atoms with Gasteiger partial charge in [0.25, 0.3) is 0 Å². The summed E-state index contributed by atoms with van der Waals surface area (Å²) >= 11 is 0. The highest BCUT2D eigenvalue weighted by atomic mass is 19.1. The summed E-state index contributed by atoms with van der Waals surface area (Å²) in [4.78, 5) is 11.8. The van der Waals surface area contributed by atoms with Gasteiger partial charge in [-0.25, -0.2) is 13.6 Å². The Bertz CT molecular complexity index is 661. The molecule has 0 amide bonds. The molecule has 0 aliphatic heterocycles. The Labute approximate surface area is 120 Å². The normalized spacial score (nSPS) is 10.8. The summed E-state index contributed by atoms with van der Waals surface area (Å²) in [6, 6.07) is 11.0. The minimum atomic E-state index is -1.18. The van der Waals surface area contributed by atoms with Gasteiger partial charge < -0.3 is 10.0 Å². The number of aliphatic carboxylic acids is 1. The minimum Gasteiger partial charge on any atom is -0.478 e. The Morgan fingerprint density at radius 2 is 1.71 bits per heavy atom. The standard InChI is InChI=1S/C16H13F2NO2/c1-19(12-5-3-2-4-6-12)16-13(17)9-11(10-14(16)18)7-8-15(20)21/h2-10H,1H3,(H,20,21). The molecule has 5 heteroatoms. The van der Waals surface area contributed by atoms with E-state index in [1.807, 2.05) is 6.07 Å². The average molecular weight is 289 g/mol. The molecule has 0 aliphatic carbocycles. The number of para-hydroxylation sites is 1. The van der Waals surface area contributed by atoms with Crippen LogP contribution in [0.2, 0.25) is 0 Å². The zero-order valence-electron chi connectivity index (χ0n) is 11.3. The monoisotopic (exact) mass is 289 g/mol. The Morgan fingerprint density at radius 3 is 2.24 bits per heavy atom. The van der Waals surface area contributed by atoms with E-state index in [1.165, 1.54) is 4.90 Å². The highest BCUT2D eigenvalue weighted by Crippen LogP contribution is 2.30. The molecule has 0 radical (unpaired) electrons. The van der Waals surface area contributed by atoms with Crippen molar-refractivity contribution >= 4 is 23.4 Å². The fourth-order valence-corrected chi connectivity index (χ4v) is 1.95. The van der Waals surface area contributed by atoms with Gasteiger partial charge in [0.1, 0.15) is 17.3 Å². The summed E-state index contributed by atoms with van der Waals surface area (Å²) in [5.74, 6) is -2.70. The van der Waals surface area contributed by atoms with Gasteiger partial charge in [0.15, 0.2) is 0 Å². The van der Waals surface area contributed by atoms with Crippen LogP contribution in [0.15, 0.2) is 48.5 Å². The van der Waals surface area contributed by atoms with Crippen molar-refractivity contribution in [3.05, 3.63) is 65.7 Å². The third-order valence-electron chi connectivity index (χ3n) is 2.94. The molecule has 0 saturated carbocycles. The van der Waals surface area contributed by atoms with Gasteiger partial charge >= 0.3 is 5.97 Å². The predicted molar refractivity (Wildman–Crippen MR) is 77.5 cm³/mol. The molecule has 0 saturated heterocycles. The lowest BCUT2D eigenvalue weighted by atomic mass is 10.1. The van der Waals surface area contributed by atoms with Crippen LogP contribution in [-0.2, 0) is 4.79 Å². The number of nitrogens with zero attached hydrogens (tertiary/aromatic N) is 1. The number of benzene rings is 2. The van der Waals surface area contributed by atoms with Gasteiger partial charge in [-0.2, -0.15) is 0 Å². The molecule has 21 heavy (non-hydrogen) atoms. The second kappa shape index (κ2) is 6.17. The molecule has 3 nitrogen and oxygen atoms in total. The van der Waals surface area contributed by atoms with Crippen molar-refractivity contribution in [3.63, 3.8) is 0 Å². The van der Waals surface area contributed by atoms with E-state index in [0.717, 1.165) is 24.3 Å². The van der Waals surface area contributed by atoms with Crippen LogP contribution < -0.4 is 4.90 Å². The third kappa shape index (κ3) is 3.45. The number of hydrogen-bond donors (Lipinski definition) is 1. The largest absolute Gasteiger partial charge is 0.478 e. The van der Waals surface area contributed by atoms with Crippen LogP contribution in [-0.4, -0.2) is 18.1 Å². The fraction of sp³-hybridized carbons (Fsp3) is 0.0625. The van der Waals surface area contributed by atoms with E-state index in [1.54, 1.807) is 31.3 Å². The van der Waals surface area contributed by atoms with Gasteiger partial charge in [-0.3, -0.25) is 0 Å². The van der Waals surface area contributed by atoms with Crippen molar-refractivity contribution in [1.29, 1.82) is 0 Å². The van der Waals surface area contributed by atoms with Crippen molar-refractivity contribution in [3.8, 4) is 0 Å². The van der Waals surface area contributed by atoms with Crippen LogP contribution >= 0.6 is 0 Å². The number of rotatable bonds is 4. The van der Waals surface area contributed by atoms with Crippen LogP contribution in [0.1, 0.15) is 5.56 Å². The summed E-state index contributed by atoms with van der Waals surface area (Å²) in [6.45, 7) is 0. The molecule has 2 rings (SSSR count). The maximum atomic E-state index is 14.1. The van der Waals surface area contributed by atoms with Gasteiger partial charge in [-0.15, -0.1) is 0 Å². The second-order valence-corrected chi connectivity index (χ2v) is 4.40.